The molecule has 0 saturated heterocycles. The van der Waals surface area contributed by atoms with Gasteiger partial charge in [0.25, 0.3) is 0 Å². The number of anilines is 1. The largest absolute Gasteiger partial charge is 0.462 e. The predicted octanol–water partition coefficient (Wildman–Crippen LogP) is 3.93. The first-order valence-electron chi connectivity index (χ1n) is 20.3. The number of nitrogens with zero attached hydrogens (tertiary/aromatic N) is 3. The van der Waals surface area contributed by atoms with Gasteiger partial charge in [0, 0.05) is 24.3 Å². The fraction of sp³-hybridized carbons (Fsp3) is 0.868. The Morgan fingerprint density at radius 1 is 0.722 bits per heavy atom. The molecule has 1 fully saturated rings. The second-order valence-electron chi connectivity index (χ2n) is 14.6. The molecular formula is C38H69N5O10S. The quantitative estimate of drug-likeness (QED) is 0.0432. The molecule has 312 valence electrons. The topological polar surface area (TPSA) is 240 Å². The van der Waals surface area contributed by atoms with Crippen molar-refractivity contribution in [3.63, 3.8) is 0 Å². The van der Waals surface area contributed by atoms with Gasteiger partial charge in [0.2, 0.25) is 5.91 Å². The fourth-order valence-corrected chi connectivity index (χ4v) is 7.37. The molecule has 1 aliphatic rings. The van der Waals surface area contributed by atoms with Crippen molar-refractivity contribution in [1.82, 2.24) is 15.0 Å². The molecule has 2 unspecified atom stereocenters. The Labute approximate surface area is 325 Å². The van der Waals surface area contributed by atoms with E-state index in [0.29, 0.717) is 6.42 Å². The standard InChI is InChI=1S/C38H69N5O10S/c1-3-5-7-9-11-13-15-17-19-21-30(44)52-24-27(53-31(45)22-20-18-16-14-12-10-8-6-4-2)25-54-26-28(39)38(51)40-29-23-43(42-41-29)32-33(46)35(48)37(50)36(49)34(32)47/h23,27-28,32-37,46-50H,3-22,24-26,39H2,1-2H3,(H,40,51)/t27-,28-,32?,33+,34+,35-,36+,37?/m1/s1. The Morgan fingerprint density at radius 3 is 1.70 bits per heavy atom. The van der Waals surface area contributed by atoms with Gasteiger partial charge in [0.15, 0.2) is 5.82 Å². The number of carbonyl (C=O) groups excluding carboxylic acids is 3. The van der Waals surface area contributed by atoms with Crippen LogP contribution in [0.3, 0.4) is 0 Å². The minimum absolute atomic E-state index is 0.0582. The lowest BCUT2D eigenvalue weighted by Gasteiger charge is -2.41. The Kier molecular flexibility index (Phi) is 24.9. The lowest BCUT2D eigenvalue weighted by atomic mass is 9.83. The van der Waals surface area contributed by atoms with E-state index in [1.807, 2.05) is 0 Å². The number of nitrogens with two attached hydrogens (primary N) is 1. The van der Waals surface area contributed by atoms with Gasteiger partial charge in [-0.1, -0.05) is 122 Å². The number of aromatic nitrogens is 3. The van der Waals surface area contributed by atoms with Gasteiger partial charge >= 0.3 is 11.9 Å². The van der Waals surface area contributed by atoms with E-state index < -0.39 is 54.6 Å². The molecule has 1 amide bonds. The van der Waals surface area contributed by atoms with Gasteiger partial charge in [-0.2, -0.15) is 11.8 Å². The number of aliphatic hydroxyl groups is 5. The monoisotopic (exact) mass is 787 g/mol. The first-order chi connectivity index (χ1) is 26.0. The van der Waals surface area contributed by atoms with E-state index in [1.54, 1.807) is 0 Å². The third-order valence-corrected chi connectivity index (χ3v) is 11.0. The fourth-order valence-electron chi connectivity index (χ4n) is 6.40. The van der Waals surface area contributed by atoms with E-state index in [0.717, 1.165) is 49.6 Å². The molecular weight excluding hydrogens is 719 g/mol. The molecule has 1 aromatic rings. The van der Waals surface area contributed by atoms with Crippen molar-refractivity contribution >= 4 is 35.4 Å². The van der Waals surface area contributed by atoms with Gasteiger partial charge in [-0.15, -0.1) is 5.10 Å². The van der Waals surface area contributed by atoms with E-state index in [1.165, 1.54) is 88.6 Å². The Bertz CT molecular complexity index is 1160. The number of ether oxygens (including phenoxy) is 2. The van der Waals surface area contributed by atoms with Gasteiger partial charge in [0.05, 0.1) is 12.2 Å². The van der Waals surface area contributed by atoms with Crippen molar-refractivity contribution in [2.75, 3.05) is 23.4 Å². The second-order valence-corrected chi connectivity index (χ2v) is 15.7. The van der Waals surface area contributed by atoms with E-state index in [2.05, 4.69) is 29.5 Å². The first-order valence-corrected chi connectivity index (χ1v) is 21.5. The Morgan fingerprint density at radius 2 is 1.19 bits per heavy atom. The molecule has 0 spiro atoms. The van der Waals surface area contributed by atoms with Crippen LogP contribution in [0, 0.1) is 0 Å². The number of thioether (sulfide) groups is 1. The molecule has 15 nitrogen and oxygen atoms in total. The molecule has 1 saturated carbocycles. The summed E-state index contributed by atoms with van der Waals surface area (Å²) in [4.78, 5) is 38.1. The molecule has 0 radical (unpaired) electrons. The average Bonchev–Trinajstić information content (AvgIpc) is 3.61. The van der Waals surface area contributed by atoms with Crippen LogP contribution < -0.4 is 11.1 Å². The zero-order chi connectivity index (χ0) is 39.7. The van der Waals surface area contributed by atoms with E-state index >= 15 is 0 Å². The zero-order valence-corrected chi connectivity index (χ0v) is 33.4. The van der Waals surface area contributed by atoms with Crippen LogP contribution in [0.15, 0.2) is 6.20 Å². The summed E-state index contributed by atoms with van der Waals surface area (Å²) in [5.41, 5.74) is 6.12. The highest BCUT2D eigenvalue weighted by atomic mass is 32.2. The average molecular weight is 788 g/mol. The number of unbranched alkanes of at least 4 members (excludes halogenated alkanes) is 16. The van der Waals surface area contributed by atoms with Crippen molar-refractivity contribution in [3.8, 4) is 0 Å². The zero-order valence-electron chi connectivity index (χ0n) is 32.6. The highest BCUT2D eigenvalue weighted by Gasteiger charge is 2.49. The number of hydrogen-bond acceptors (Lipinski definition) is 14. The van der Waals surface area contributed by atoms with Crippen LogP contribution in [-0.4, -0.2) is 119 Å². The number of rotatable bonds is 30. The van der Waals surface area contributed by atoms with Gasteiger partial charge in [-0.05, 0) is 12.8 Å². The van der Waals surface area contributed by atoms with Crippen LogP contribution in [0.5, 0.6) is 0 Å². The summed E-state index contributed by atoms with van der Waals surface area (Å²) >= 11 is 1.27. The molecule has 0 aromatic carbocycles. The number of esters is 2. The molecule has 8 N–H and O–H groups in total. The lowest BCUT2D eigenvalue weighted by molar-refractivity contribution is -0.200. The smallest absolute Gasteiger partial charge is 0.306 e. The van der Waals surface area contributed by atoms with Crippen LogP contribution in [-0.2, 0) is 23.9 Å². The maximum atomic E-state index is 12.8. The van der Waals surface area contributed by atoms with E-state index in [9.17, 15) is 39.9 Å². The minimum Gasteiger partial charge on any atom is -0.462 e. The molecule has 1 heterocycles. The van der Waals surface area contributed by atoms with Gasteiger partial charge < -0.3 is 46.1 Å². The molecule has 0 bridgehead atoms. The summed E-state index contributed by atoms with van der Waals surface area (Å²) in [5, 5.41) is 60.7. The summed E-state index contributed by atoms with van der Waals surface area (Å²) in [6.07, 6.45) is 12.8. The minimum atomic E-state index is -1.76. The number of carbonyl (C=O) groups is 3. The molecule has 0 aliphatic heterocycles. The van der Waals surface area contributed by atoms with Crippen LogP contribution in [0.2, 0.25) is 0 Å². The van der Waals surface area contributed by atoms with Crippen molar-refractivity contribution in [2.45, 2.75) is 191 Å². The van der Waals surface area contributed by atoms with Crippen LogP contribution in [0.25, 0.3) is 0 Å². The van der Waals surface area contributed by atoms with Crippen molar-refractivity contribution in [3.05, 3.63) is 6.20 Å². The highest BCUT2D eigenvalue weighted by Crippen LogP contribution is 2.30. The summed E-state index contributed by atoms with van der Waals surface area (Å²) in [6.45, 7) is 4.32. The maximum absolute atomic E-state index is 12.8. The summed E-state index contributed by atoms with van der Waals surface area (Å²) < 4.78 is 12.2. The van der Waals surface area contributed by atoms with Gasteiger partial charge in [-0.3, -0.25) is 14.4 Å². The number of hydrogen-bond donors (Lipinski definition) is 7. The molecule has 16 heteroatoms. The SMILES string of the molecule is CCCCCCCCCCCC(=O)OC[C@H](CSC[C@@H](N)C(=O)Nc1cn(C2[C@H](O)[C@H](O)C(O)[C@H](O)[C@H]2O)nn1)OC(=O)CCCCCCCCCCC. The maximum Gasteiger partial charge on any atom is 0.306 e. The molecule has 1 aromatic heterocycles. The highest BCUT2D eigenvalue weighted by molar-refractivity contribution is 7.99. The van der Waals surface area contributed by atoms with Crippen LogP contribution in [0.4, 0.5) is 5.82 Å². The van der Waals surface area contributed by atoms with Crippen molar-refractivity contribution in [1.29, 1.82) is 0 Å². The number of amides is 1. The van der Waals surface area contributed by atoms with Gasteiger partial charge in [-0.25, -0.2) is 4.68 Å². The van der Waals surface area contributed by atoms with E-state index in [4.69, 9.17) is 15.2 Å². The third kappa shape index (κ3) is 18.5. The van der Waals surface area contributed by atoms with Crippen LogP contribution in [0.1, 0.15) is 148 Å². The predicted molar refractivity (Wildman–Crippen MR) is 208 cm³/mol. The Hall–Kier alpha value is -2.34. The molecule has 54 heavy (non-hydrogen) atoms. The van der Waals surface area contributed by atoms with Crippen molar-refractivity contribution < 1.29 is 49.4 Å². The van der Waals surface area contributed by atoms with E-state index in [-0.39, 0.29) is 42.3 Å². The first kappa shape index (κ1) is 47.8. The lowest BCUT2D eigenvalue weighted by Crippen LogP contribution is -2.61. The molecule has 8 atom stereocenters. The van der Waals surface area contributed by atoms with Crippen LogP contribution >= 0.6 is 11.8 Å². The summed E-state index contributed by atoms with van der Waals surface area (Å²) in [7, 11) is 0. The second kappa shape index (κ2) is 28.1. The normalized spacial score (nSPS) is 22.4. The third-order valence-electron chi connectivity index (χ3n) is 9.80. The van der Waals surface area contributed by atoms with Crippen molar-refractivity contribution in [2.24, 2.45) is 5.73 Å². The molecule has 2 rings (SSSR count). The molecule has 1 aliphatic carbocycles. The number of aliphatic hydroxyl groups excluding tert-OH is 5. The van der Waals surface area contributed by atoms with Gasteiger partial charge in [0.1, 0.15) is 49.3 Å². The summed E-state index contributed by atoms with van der Waals surface area (Å²) in [5.74, 6) is -0.972. The Balaban J connectivity index is 1.82. The summed E-state index contributed by atoms with van der Waals surface area (Å²) in [6, 6.07) is -2.36. The number of nitrogens with one attached hydrogen (secondary N) is 1.